The third-order valence-electron chi connectivity index (χ3n) is 3.65. The molecule has 1 aliphatic rings. The van der Waals surface area contributed by atoms with Crippen molar-refractivity contribution in [3.63, 3.8) is 0 Å². The molecule has 100 valence electrons. The van der Waals surface area contributed by atoms with Crippen LogP contribution in [-0.4, -0.2) is 22.7 Å². The lowest BCUT2D eigenvalue weighted by atomic mass is 9.83. The summed E-state index contributed by atoms with van der Waals surface area (Å²) in [6.45, 7) is 0.946. The Hall–Kier alpha value is -0.610. The Morgan fingerprint density at radius 3 is 2.94 bits per heavy atom. The lowest BCUT2D eigenvalue weighted by Crippen LogP contribution is -2.24. The minimum Gasteiger partial charge on any atom is -0.393 e. The number of nitrogens with zero attached hydrogens (tertiary/aromatic N) is 1. The van der Waals surface area contributed by atoms with Crippen molar-refractivity contribution < 1.29 is 5.11 Å². The number of halogens is 1. The van der Waals surface area contributed by atoms with Gasteiger partial charge in [0.2, 0.25) is 0 Å². The number of aliphatic hydroxyl groups excluding tert-OH is 1. The molecule has 3 nitrogen and oxygen atoms in total. The van der Waals surface area contributed by atoms with Gasteiger partial charge < -0.3 is 10.4 Å². The van der Waals surface area contributed by atoms with Crippen molar-refractivity contribution in [1.82, 2.24) is 4.98 Å². The van der Waals surface area contributed by atoms with E-state index in [1.165, 1.54) is 19.3 Å². The molecule has 0 bridgehead atoms. The van der Waals surface area contributed by atoms with E-state index in [-0.39, 0.29) is 6.10 Å². The Kier molecular flexibility index (Phi) is 5.45. The lowest BCUT2D eigenvalue weighted by molar-refractivity contribution is 0.0648. The van der Waals surface area contributed by atoms with Crippen LogP contribution in [0.1, 0.15) is 38.5 Å². The van der Waals surface area contributed by atoms with Crippen LogP contribution < -0.4 is 5.32 Å². The molecule has 1 heterocycles. The van der Waals surface area contributed by atoms with Crippen LogP contribution in [0.3, 0.4) is 0 Å². The molecule has 0 spiro atoms. The van der Waals surface area contributed by atoms with E-state index in [2.05, 4.69) is 26.2 Å². The molecule has 2 rings (SSSR count). The van der Waals surface area contributed by atoms with E-state index in [0.29, 0.717) is 5.92 Å². The number of hydrogen-bond acceptors (Lipinski definition) is 3. The molecular formula is C14H21BrN2O. The Balaban J connectivity index is 1.66. The summed E-state index contributed by atoms with van der Waals surface area (Å²) in [7, 11) is 0. The molecule has 18 heavy (non-hydrogen) atoms. The van der Waals surface area contributed by atoms with Gasteiger partial charge in [-0.15, -0.1) is 0 Å². The summed E-state index contributed by atoms with van der Waals surface area (Å²) in [6, 6.07) is 2.03. The first-order valence-corrected chi connectivity index (χ1v) is 7.57. The van der Waals surface area contributed by atoms with Crippen molar-refractivity contribution in [2.24, 2.45) is 5.92 Å². The van der Waals surface area contributed by atoms with Gasteiger partial charge in [0.05, 0.1) is 18.0 Å². The average Bonchev–Trinajstić information content (AvgIpc) is 2.37. The predicted molar refractivity (Wildman–Crippen MR) is 77.6 cm³/mol. The van der Waals surface area contributed by atoms with E-state index in [1.807, 2.05) is 12.3 Å². The smallest absolute Gasteiger partial charge is 0.0568 e. The number of pyridine rings is 1. The molecule has 1 aromatic heterocycles. The van der Waals surface area contributed by atoms with Crippen molar-refractivity contribution in [3.05, 3.63) is 22.9 Å². The quantitative estimate of drug-likeness (QED) is 0.817. The van der Waals surface area contributed by atoms with Crippen LogP contribution in [0.5, 0.6) is 0 Å². The van der Waals surface area contributed by atoms with Gasteiger partial charge in [-0.2, -0.15) is 0 Å². The van der Waals surface area contributed by atoms with Gasteiger partial charge in [-0.1, -0.05) is 12.8 Å². The zero-order chi connectivity index (χ0) is 12.8. The maximum atomic E-state index is 9.89. The van der Waals surface area contributed by atoms with Crippen molar-refractivity contribution >= 4 is 21.6 Å². The topological polar surface area (TPSA) is 45.1 Å². The summed E-state index contributed by atoms with van der Waals surface area (Å²) in [5.41, 5.74) is 1.05. The van der Waals surface area contributed by atoms with E-state index in [4.69, 9.17) is 0 Å². The van der Waals surface area contributed by atoms with Crippen molar-refractivity contribution in [1.29, 1.82) is 0 Å². The highest BCUT2D eigenvalue weighted by Crippen LogP contribution is 2.27. The molecule has 2 unspecified atom stereocenters. The second kappa shape index (κ2) is 7.10. The second-order valence-electron chi connectivity index (χ2n) is 5.07. The highest BCUT2D eigenvalue weighted by Gasteiger charge is 2.21. The second-order valence-corrected chi connectivity index (χ2v) is 5.99. The molecule has 1 fully saturated rings. The van der Waals surface area contributed by atoms with Gasteiger partial charge >= 0.3 is 0 Å². The maximum absolute atomic E-state index is 9.89. The fourth-order valence-corrected chi connectivity index (χ4v) is 3.00. The molecule has 0 saturated heterocycles. The van der Waals surface area contributed by atoms with Gasteiger partial charge in [-0.05, 0) is 53.6 Å². The van der Waals surface area contributed by atoms with Crippen molar-refractivity contribution in [2.45, 2.75) is 44.6 Å². The number of hydrogen-bond donors (Lipinski definition) is 2. The summed E-state index contributed by atoms with van der Waals surface area (Å²) in [5, 5.41) is 13.3. The van der Waals surface area contributed by atoms with Crippen LogP contribution in [0.4, 0.5) is 5.69 Å². The van der Waals surface area contributed by atoms with Gasteiger partial charge in [-0.25, -0.2) is 0 Å². The van der Waals surface area contributed by atoms with E-state index in [0.717, 1.165) is 36.0 Å². The van der Waals surface area contributed by atoms with Crippen LogP contribution in [0.15, 0.2) is 22.9 Å². The first kappa shape index (κ1) is 13.8. The van der Waals surface area contributed by atoms with Gasteiger partial charge in [-0.3, -0.25) is 4.98 Å². The van der Waals surface area contributed by atoms with Crippen LogP contribution in [0, 0.1) is 5.92 Å². The maximum Gasteiger partial charge on any atom is 0.0568 e. The third-order valence-corrected chi connectivity index (χ3v) is 4.09. The monoisotopic (exact) mass is 312 g/mol. The molecule has 0 amide bonds. The molecule has 4 heteroatoms. The van der Waals surface area contributed by atoms with Crippen LogP contribution >= 0.6 is 15.9 Å². The van der Waals surface area contributed by atoms with Gasteiger partial charge in [0, 0.05) is 17.2 Å². The number of rotatable bonds is 5. The molecule has 1 aliphatic carbocycles. The largest absolute Gasteiger partial charge is 0.393 e. The molecule has 1 saturated carbocycles. The van der Waals surface area contributed by atoms with Crippen molar-refractivity contribution in [2.75, 3.05) is 11.9 Å². The van der Waals surface area contributed by atoms with E-state index in [1.54, 1.807) is 6.20 Å². The standard InChI is InChI=1S/C14H21BrN2O/c15-12-8-13(10-16-9-12)17-7-3-5-11-4-1-2-6-14(11)18/h8-11,14,17-18H,1-7H2. The Morgan fingerprint density at radius 2 is 2.17 bits per heavy atom. The zero-order valence-electron chi connectivity index (χ0n) is 10.6. The fraction of sp³-hybridized carbons (Fsp3) is 0.643. The summed E-state index contributed by atoms with van der Waals surface area (Å²) in [6.07, 6.45) is 10.4. The number of aromatic nitrogens is 1. The first-order chi connectivity index (χ1) is 8.75. The first-order valence-electron chi connectivity index (χ1n) is 6.78. The highest BCUT2D eigenvalue weighted by atomic mass is 79.9. The van der Waals surface area contributed by atoms with Crippen LogP contribution in [-0.2, 0) is 0 Å². The SMILES string of the molecule is OC1CCCCC1CCCNc1cncc(Br)c1. The normalized spacial score (nSPS) is 23.9. The number of nitrogens with one attached hydrogen (secondary N) is 1. The molecule has 1 aromatic rings. The Morgan fingerprint density at radius 1 is 1.33 bits per heavy atom. The van der Waals surface area contributed by atoms with Gasteiger partial charge in [0.25, 0.3) is 0 Å². The third kappa shape index (κ3) is 4.25. The average molecular weight is 313 g/mol. The van der Waals surface area contributed by atoms with Gasteiger partial charge in [0.15, 0.2) is 0 Å². The zero-order valence-corrected chi connectivity index (χ0v) is 12.2. The fourth-order valence-electron chi connectivity index (χ4n) is 2.63. The summed E-state index contributed by atoms with van der Waals surface area (Å²) in [5.74, 6) is 0.515. The van der Waals surface area contributed by atoms with E-state index >= 15 is 0 Å². The summed E-state index contributed by atoms with van der Waals surface area (Å²) < 4.78 is 0.996. The molecule has 2 atom stereocenters. The summed E-state index contributed by atoms with van der Waals surface area (Å²) >= 11 is 3.41. The highest BCUT2D eigenvalue weighted by molar-refractivity contribution is 9.10. The molecule has 2 N–H and O–H groups in total. The minimum atomic E-state index is -0.0636. The van der Waals surface area contributed by atoms with Crippen molar-refractivity contribution in [3.8, 4) is 0 Å². The predicted octanol–water partition coefficient (Wildman–Crippen LogP) is 3.59. The van der Waals surface area contributed by atoms with E-state index in [9.17, 15) is 5.11 Å². The van der Waals surface area contributed by atoms with Crippen LogP contribution in [0.2, 0.25) is 0 Å². The van der Waals surface area contributed by atoms with Gasteiger partial charge in [0.1, 0.15) is 0 Å². The Labute approximate surface area is 117 Å². The molecule has 0 aromatic carbocycles. The summed E-state index contributed by atoms with van der Waals surface area (Å²) in [4.78, 5) is 4.12. The molecular weight excluding hydrogens is 292 g/mol. The van der Waals surface area contributed by atoms with Crippen LogP contribution in [0.25, 0.3) is 0 Å². The lowest BCUT2D eigenvalue weighted by Gasteiger charge is -2.27. The molecule has 0 radical (unpaired) electrons. The Bertz CT molecular complexity index is 373. The minimum absolute atomic E-state index is 0.0636. The number of anilines is 1. The molecule has 0 aliphatic heterocycles. The van der Waals surface area contributed by atoms with E-state index < -0.39 is 0 Å². The number of aliphatic hydroxyl groups is 1.